The number of aryl methyl sites for hydroxylation is 1. The Kier molecular flexibility index (Phi) is 3.39. The minimum atomic E-state index is -1.66. The van der Waals surface area contributed by atoms with E-state index in [1.165, 1.54) is 7.05 Å². The topological polar surface area (TPSA) is 64.3 Å². The standard InChI is InChI=1S/C12H9F3N2O3/c1-17-8(4-7(16-17)12(18)19)5-3-6(13)9(14)10(15)11(5)20-2/h3-4H,1-2H3,(H,18,19). The number of ether oxygens (including phenoxy) is 1. The third-order valence-corrected chi connectivity index (χ3v) is 2.70. The summed E-state index contributed by atoms with van der Waals surface area (Å²) in [7, 11) is 2.48. The predicted octanol–water partition coefficient (Wildman–Crippen LogP) is 2.21. The molecule has 2 aromatic rings. The fourth-order valence-corrected chi connectivity index (χ4v) is 1.79. The summed E-state index contributed by atoms with van der Waals surface area (Å²) >= 11 is 0. The summed E-state index contributed by atoms with van der Waals surface area (Å²) in [6, 6.07) is 1.83. The van der Waals surface area contributed by atoms with Crippen molar-refractivity contribution in [3.63, 3.8) is 0 Å². The van der Waals surface area contributed by atoms with Gasteiger partial charge in [-0.3, -0.25) is 4.68 Å². The molecule has 0 amide bonds. The van der Waals surface area contributed by atoms with Gasteiger partial charge in [-0.25, -0.2) is 13.6 Å². The van der Waals surface area contributed by atoms with Gasteiger partial charge in [-0.2, -0.15) is 9.49 Å². The van der Waals surface area contributed by atoms with Crippen LogP contribution in [0.2, 0.25) is 0 Å². The Morgan fingerprint density at radius 2 is 1.95 bits per heavy atom. The molecular formula is C12H9F3N2O3. The second kappa shape index (κ2) is 4.87. The largest absolute Gasteiger partial charge is 0.493 e. The fourth-order valence-electron chi connectivity index (χ4n) is 1.79. The molecule has 2 rings (SSSR count). The Morgan fingerprint density at radius 1 is 1.30 bits per heavy atom. The fraction of sp³-hybridized carbons (Fsp3) is 0.167. The molecule has 0 aliphatic heterocycles. The summed E-state index contributed by atoms with van der Waals surface area (Å²) in [5.41, 5.74) is -0.363. The molecule has 0 aliphatic rings. The summed E-state index contributed by atoms with van der Waals surface area (Å²) in [5, 5.41) is 12.5. The maximum Gasteiger partial charge on any atom is 0.356 e. The van der Waals surface area contributed by atoms with Crippen LogP contribution in [0.4, 0.5) is 13.2 Å². The van der Waals surface area contributed by atoms with Crippen LogP contribution in [0.5, 0.6) is 5.75 Å². The number of carboxylic acid groups (broad SMARTS) is 1. The molecule has 0 saturated carbocycles. The number of rotatable bonds is 3. The van der Waals surface area contributed by atoms with E-state index in [1.807, 2.05) is 0 Å². The van der Waals surface area contributed by atoms with E-state index in [-0.39, 0.29) is 17.0 Å². The lowest BCUT2D eigenvalue weighted by Crippen LogP contribution is -2.02. The van der Waals surface area contributed by atoms with Crippen molar-refractivity contribution in [1.29, 1.82) is 0 Å². The van der Waals surface area contributed by atoms with Crippen molar-refractivity contribution in [3.8, 4) is 17.0 Å². The van der Waals surface area contributed by atoms with E-state index < -0.39 is 29.2 Å². The van der Waals surface area contributed by atoms with Crippen LogP contribution in [0.25, 0.3) is 11.3 Å². The number of hydrogen-bond donors (Lipinski definition) is 1. The molecule has 0 spiro atoms. The zero-order valence-corrected chi connectivity index (χ0v) is 10.4. The molecule has 0 fully saturated rings. The average Bonchev–Trinajstić information content (AvgIpc) is 2.78. The van der Waals surface area contributed by atoms with Crippen LogP contribution in [-0.2, 0) is 7.05 Å². The van der Waals surface area contributed by atoms with Gasteiger partial charge in [0.2, 0.25) is 5.82 Å². The number of hydrogen-bond acceptors (Lipinski definition) is 3. The first-order chi connectivity index (χ1) is 9.36. The zero-order chi connectivity index (χ0) is 15.0. The van der Waals surface area contributed by atoms with Gasteiger partial charge in [0.1, 0.15) is 0 Å². The van der Waals surface area contributed by atoms with Crippen LogP contribution in [0.3, 0.4) is 0 Å². The SMILES string of the molecule is COc1c(-c2cc(C(=O)O)nn2C)cc(F)c(F)c1F. The van der Waals surface area contributed by atoms with Crippen molar-refractivity contribution in [2.75, 3.05) is 7.11 Å². The Bertz CT molecular complexity index is 698. The molecule has 0 aliphatic carbocycles. The van der Waals surface area contributed by atoms with Gasteiger partial charge in [0.15, 0.2) is 23.1 Å². The summed E-state index contributed by atoms with van der Waals surface area (Å²) in [5.74, 6) is -6.37. The predicted molar refractivity (Wildman–Crippen MR) is 62.0 cm³/mol. The Hall–Kier alpha value is -2.51. The van der Waals surface area contributed by atoms with Crippen molar-refractivity contribution in [3.05, 3.63) is 35.3 Å². The number of carboxylic acids is 1. The number of halogens is 3. The van der Waals surface area contributed by atoms with Crippen molar-refractivity contribution in [2.45, 2.75) is 0 Å². The maximum absolute atomic E-state index is 13.6. The van der Waals surface area contributed by atoms with Gasteiger partial charge in [-0.1, -0.05) is 0 Å². The Morgan fingerprint density at radius 3 is 2.45 bits per heavy atom. The number of aromatic carboxylic acids is 1. The van der Waals surface area contributed by atoms with Crippen molar-refractivity contribution < 1.29 is 27.8 Å². The minimum Gasteiger partial charge on any atom is -0.493 e. The lowest BCUT2D eigenvalue weighted by molar-refractivity contribution is 0.0689. The highest BCUT2D eigenvalue weighted by Gasteiger charge is 2.23. The molecule has 0 radical (unpaired) electrons. The third kappa shape index (κ3) is 2.09. The molecule has 1 aromatic heterocycles. The van der Waals surface area contributed by atoms with Gasteiger partial charge in [-0.05, 0) is 12.1 Å². The number of methoxy groups -OCH3 is 1. The second-order valence-corrected chi connectivity index (χ2v) is 3.91. The molecule has 0 saturated heterocycles. The molecule has 0 unspecified atom stereocenters. The van der Waals surface area contributed by atoms with Gasteiger partial charge < -0.3 is 9.84 Å². The second-order valence-electron chi connectivity index (χ2n) is 3.91. The van der Waals surface area contributed by atoms with Crippen LogP contribution < -0.4 is 4.74 Å². The first kappa shape index (κ1) is 13.9. The quantitative estimate of drug-likeness (QED) is 0.879. The number of aromatic nitrogens is 2. The summed E-state index contributed by atoms with van der Waals surface area (Å²) in [6.07, 6.45) is 0. The van der Waals surface area contributed by atoms with Crippen LogP contribution in [0, 0.1) is 17.5 Å². The van der Waals surface area contributed by atoms with E-state index in [1.54, 1.807) is 0 Å². The zero-order valence-electron chi connectivity index (χ0n) is 10.4. The maximum atomic E-state index is 13.6. The minimum absolute atomic E-state index is 0.0806. The van der Waals surface area contributed by atoms with Crippen molar-refractivity contribution in [1.82, 2.24) is 9.78 Å². The van der Waals surface area contributed by atoms with E-state index in [0.717, 1.165) is 23.9 Å². The van der Waals surface area contributed by atoms with Gasteiger partial charge in [0, 0.05) is 12.6 Å². The van der Waals surface area contributed by atoms with E-state index in [4.69, 9.17) is 9.84 Å². The number of benzene rings is 1. The Balaban J connectivity index is 2.72. The summed E-state index contributed by atoms with van der Waals surface area (Å²) < 4.78 is 45.9. The summed E-state index contributed by atoms with van der Waals surface area (Å²) in [6.45, 7) is 0. The summed E-state index contributed by atoms with van der Waals surface area (Å²) in [4.78, 5) is 10.8. The van der Waals surface area contributed by atoms with Crippen molar-refractivity contribution in [2.24, 2.45) is 7.05 Å². The molecule has 1 aromatic carbocycles. The molecular weight excluding hydrogens is 277 g/mol. The van der Waals surface area contributed by atoms with Crippen LogP contribution >= 0.6 is 0 Å². The molecule has 8 heteroatoms. The highest BCUT2D eigenvalue weighted by atomic mass is 19.2. The van der Waals surface area contributed by atoms with Gasteiger partial charge in [-0.15, -0.1) is 0 Å². The lowest BCUT2D eigenvalue weighted by atomic mass is 10.1. The lowest BCUT2D eigenvalue weighted by Gasteiger charge is -2.10. The van der Waals surface area contributed by atoms with E-state index in [0.29, 0.717) is 0 Å². The molecule has 1 N–H and O–H groups in total. The van der Waals surface area contributed by atoms with Crippen LogP contribution in [0.1, 0.15) is 10.5 Å². The highest BCUT2D eigenvalue weighted by Crippen LogP contribution is 2.35. The van der Waals surface area contributed by atoms with Crippen molar-refractivity contribution >= 4 is 5.97 Å². The smallest absolute Gasteiger partial charge is 0.356 e. The van der Waals surface area contributed by atoms with Crippen LogP contribution in [0.15, 0.2) is 12.1 Å². The third-order valence-electron chi connectivity index (χ3n) is 2.70. The molecule has 0 bridgehead atoms. The molecule has 20 heavy (non-hydrogen) atoms. The first-order valence-electron chi connectivity index (χ1n) is 5.36. The molecule has 5 nitrogen and oxygen atoms in total. The van der Waals surface area contributed by atoms with Crippen LogP contribution in [-0.4, -0.2) is 28.0 Å². The number of carbonyl (C=O) groups is 1. The normalized spacial score (nSPS) is 10.7. The van der Waals surface area contributed by atoms with E-state index >= 15 is 0 Å². The van der Waals surface area contributed by atoms with Gasteiger partial charge in [0.05, 0.1) is 12.8 Å². The average molecular weight is 286 g/mol. The van der Waals surface area contributed by atoms with Gasteiger partial charge in [0.25, 0.3) is 0 Å². The molecule has 0 atom stereocenters. The van der Waals surface area contributed by atoms with E-state index in [2.05, 4.69) is 5.10 Å². The molecule has 106 valence electrons. The highest BCUT2D eigenvalue weighted by molar-refractivity contribution is 5.87. The first-order valence-corrected chi connectivity index (χ1v) is 5.36. The molecule has 1 heterocycles. The van der Waals surface area contributed by atoms with E-state index in [9.17, 15) is 18.0 Å². The number of nitrogens with zero attached hydrogens (tertiary/aromatic N) is 2. The van der Waals surface area contributed by atoms with Gasteiger partial charge >= 0.3 is 5.97 Å². The monoisotopic (exact) mass is 286 g/mol. The Labute approximate surface area is 111 Å².